The molecule has 138 valence electrons. The molecular weight excluding hydrogens is 354 g/mol. The van der Waals surface area contributed by atoms with Crippen LogP contribution in [0.2, 0.25) is 0 Å². The first-order valence-corrected chi connectivity index (χ1v) is 10.4. The third-order valence-corrected chi connectivity index (χ3v) is 6.40. The second-order valence-electron chi connectivity index (χ2n) is 6.34. The molecule has 26 heavy (non-hydrogen) atoms. The van der Waals surface area contributed by atoms with Crippen LogP contribution in [0.3, 0.4) is 0 Å². The number of likely N-dealkylation sites (N-methyl/N-ethyl adjacent to an activating group) is 1. The summed E-state index contributed by atoms with van der Waals surface area (Å²) in [6, 6.07) is 12.4. The Balaban J connectivity index is 1.67. The highest BCUT2D eigenvalue weighted by Crippen LogP contribution is 2.20. The first-order chi connectivity index (χ1) is 12.4. The Morgan fingerprint density at radius 2 is 1.88 bits per heavy atom. The van der Waals surface area contributed by atoms with E-state index in [0.717, 1.165) is 10.8 Å². The molecule has 0 N–H and O–H groups in total. The standard InChI is InChI=1S/C19H21NO5S/c1-2-20(15-10-11-26(23,24)13-15)18(21)12-25-19(22)17-9-5-7-14-6-3-4-8-16(14)17/h3-9,15H,2,10-13H2,1H3/t15-/m1/s1. The van der Waals surface area contributed by atoms with Gasteiger partial charge in [-0.1, -0.05) is 36.4 Å². The second kappa shape index (κ2) is 7.45. The van der Waals surface area contributed by atoms with Crippen molar-refractivity contribution in [3.05, 3.63) is 48.0 Å². The third-order valence-electron chi connectivity index (χ3n) is 4.65. The number of hydrogen-bond donors (Lipinski definition) is 0. The number of hydrogen-bond acceptors (Lipinski definition) is 5. The zero-order valence-corrected chi connectivity index (χ0v) is 15.4. The summed E-state index contributed by atoms with van der Waals surface area (Å²) in [4.78, 5) is 26.3. The number of amides is 1. The van der Waals surface area contributed by atoms with Crippen LogP contribution in [0.5, 0.6) is 0 Å². The lowest BCUT2D eigenvalue weighted by Crippen LogP contribution is -2.43. The summed E-state index contributed by atoms with van der Waals surface area (Å²) in [6.45, 7) is 1.77. The van der Waals surface area contributed by atoms with Crippen molar-refractivity contribution in [1.82, 2.24) is 4.90 Å². The number of nitrogens with zero attached hydrogens (tertiary/aromatic N) is 1. The van der Waals surface area contributed by atoms with E-state index in [1.165, 1.54) is 4.90 Å². The van der Waals surface area contributed by atoms with Crippen LogP contribution in [0, 0.1) is 0 Å². The van der Waals surface area contributed by atoms with Crippen molar-refractivity contribution >= 4 is 32.5 Å². The van der Waals surface area contributed by atoms with Crippen LogP contribution in [0.1, 0.15) is 23.7 Å². The van der Waals surface area contributed by atoms with E-state index in [2.05, 4.69) is 0 Å². The Kier molecular flexibility index (Phi) is 5.27. The summed E-state index contributed by atoms with van der Waals surface area (Å²) >= 11 is 0. The normalized spacial score (nSPS) is 18.6. The molecule has 1 amide bonds. The van der Waals surface area contributed by atoms with Gasteiger partial charge in [0.2, 0.25) is 0 Å². The van der Waals surface area contributed by atoms with Gasteiger partial charge >= 0.3 is 5.97 Å². The summed E-state index contributed by atoms with van der Waals surface area (Å²) in [7, 11) is -3.08. The van der Waals surface area contributed by atoms with Crippen molar-refractivity contribution in [1.29, 1.82) is 0 Å². The summed E-state index contributed by atoms with van der Waals surface area (Å²) in [5.74, 6) is -0.866. The summed E-state index contributed by atoms with van der Waals surface area (Å²) < 4.78 is 28.5. The maximum atomic E-state index is 12.4. The molecule has 6 nitrogen and oxygen atoms in total. The second-order valence-corrected chi connectivity index (χ2v) is 8.57. The molecule has 2 aromatic rings. The molecule has 0 saturated carbocycles. The van der Waals surface area contributed by atoms with Gasteiger partial charge in [-0.2, -0.15) is 0 Å². The third kappa shape index (κ3) is 3.88. The fourth-order valence-electron chi connectivity index (χ4n) is 3.35. The van der Waals surface area contributed by atoms with Crippen molar-refractivity contribution in [2.24, 2.45) is 0 Å². The van der Waals surface area contributed by atoms with Crippen molar-refractivity contribution < 1.29 is 22.7 Å². The molecule has 1 heterocycles. The molecule has 1 atom stereocenters. The average molecular weight is 375 g/mol. The SMILES string of the molecule is CCN(C(=O)COC(=O)c1cccc2ccccc12)[C@@H]1CCS(=O)(=O)C1. The van der Waals surface area contributed by atoms with Gasteiger partial charge in [0, 0.05) is 12.6 Å². The van der Waals surface area contributed by atoms with Crippen LogP contribution in [-0.2, 0) is 19.4 Å². The van der Waals surface area contributed by atoms with Crippen LogP contribution >= 0.6 is 0 Å². The van der Waals surface area contributed by atoms with Gasteiger partial charge in [0.25, 0.3) is 5.91 Å². The number of sulfone groups is 1. The zero-order chi connectivity index (χ0) is 18.7. The van der Waals surface area contributed by atoms with Crippen molar-refractivity contribution in [2.45, 2.75) is 19.4 Å². The molecule has 0 bridgehead atoms. The molecule has 0 spiro atoms. The number of fused-ring (bicyclic) bond motifs is 1. The Labute approximate surface area is 152 Å². The lowest BCUT2D eigenvalue weighted by molar-refractivity contribution is -0.136. The molecule has 1 aliphatic rings. The average Bonchev–Trinajstić information content (AvgIpc) is 2.99. The highest BCUT2D eigenvalue weighted by molar-refractivity contribution is 7.91. The largest absolute Gasteiger partial charge is 0.452 e. The number of ether oxygens (including phenoxy) is 1. The van der Waals surface area contributed by atoms with Gasteiger partial charge in [0.15, 0.2) is 16.4 Å². The molecule has 7 heteroatoms. The molecule has 0 radical (unpaired) electrons. The molecule has 3 rings (SSSR count). The van der Waals surface area contributed by atoms with E-state index < -0.39 is 22.4 Å². The number of esters is 1. The molecule has 0 unspecified atom stereocenters. The number of carbonyl (C=O) groups is 2. The first kappa shape index (κ1) is 18.4. The van der Waals surface area contributed by atoms with Crippen molar-refractivity contribution in [3.63, 3.8) is 0 Å². The van der Waals surface area contributed by atoms with Crippen LogP contribution < -0.4 is 0 Å². The van der Waals surface area contributed by atoms with Gasteiger partial charge in [-0.15, -0.1) is 0 Å². The van der Waals surface area contributed by atoms with Crippen LogP contribution in [0.25, 0.3) is 10.8 Å². The van der Waals surface area contributed by atoms with Gasteiger partial charge in [-0.3, -0.25) is 4.79 Å². The lowest BCUT2D eigenvalue weighted by Gasteiger charge is -2.26. The van der Waals surface area contributed by atoms with E-state index in [4.69, 9.17) is 4.74 Å². The predicted octanol–water partition coefficient (Wildman–Crippen LogP) is 2.03. The minimum absolute atomic E-state index is 0.0240. The van der Waals surface area contributed by atoms with E-state index in [1.807, 2.05) is 30.3 Å². The maximum absolute atomic E-state index is 12.4. The van der Waals surface area contributed by atoms with E-state index in [1.54, 1.807) is 19.1 Å². The highest BCUT2D eigenvalue weighted by Gasteiger charge is 2.34. The monoisotopic (exact) mass is 375 g/mol. The number of rotatable bonds is 5. The highest BCUT2D eigenvalue weighted by atomic mass is 32.2. The van der Waals surface area contributed by atoms with Gasteiger partial charge in [-0.25, -0.2) is 13.2 Å². The van der Waals surface area contributed by atoms with Gasteiger partial charge in [0.05, 0.1) is 17.1 Å². The molecular formula is C19H21NO5S. The Hall–Kier alpha value is -2.41. The van der Waals surface area contributed by atoms with Gasteiger partial charge in [-0.05, 0) is 30.2 Å². The van der Waals surface area contributed by atoms with E-state index in [-0.39, 0.29) is 23.5 Å². The maximum Gasteiger partial charge on any atom is 0.339 e. The number of benzene rings is 2. The topological polar surface area (TPSA) is 80.8 Å². The van der Waals surface area contributed by atoms with E-state index >= 15 is 0 Å². The minimum atomic E-state index is -3.08. The van der Waals surface area contributed by atoms with Crippen molar-refractivity contribution in [2.75, 3.05) is 24.7 Å². The summed E-state index contributed by atoms with van der Waals surface area (Å²) in [5.41, 5.74) is 0.405. The van der Waals surface area contributed by atoms with Crippen LogP contribution in [0.4, 0.5) is 0 Å². The molecule has 0 aromatic heterocycles. The fourth-order valence-corrected chi connectivity index (χ4v) is 5.08. The molecule has 1 fully saturated rings. The van der Waals surface area contributed by atoms with Gasteiger partial charge < -0.3 is 9.64 Å². The van der Waals surface area contributed by atoms with E-state index in [0.29, 0.717) is 18.5 Å². The Bertz CT molecular complexity index is 933. The van der Waals surface area contributed by atoms with Crippen LogP contribution in [-0.4, -0.2) is 55.9 Å². The summed E-state index contributed by atoms with van der Waals surface area (Å²) in [5, 5.41) is 1.68. The molecule has 0 aliphatic carbocycles. The van der Waals surface area contributed by atoms with Crippen molar-refractivity contribution in [3.8, 4) is 0 Å². The molecule has 1 aliphatic heterocycles. The smallest absolute Gasteiger partial charge is 0.339 e. The van der Waals surface area contributed by atoms with Gasteiger partial charge in [0.1, 0.15) is 0 Å². The zero-order valence-electron chi connectivity index (χ0n) is 14.6. The van der Waals surface area contributed by atoms with Crippen LogP contribution in [0.15, 0.2) is 42.5 Å². The Morgan fingerprint density at radius 1 is 1.15 bits per heavy atom. The minimum Gasteiger partial charge on any atom is -0.452 e. The fraction of sp³-hybridized carbons (Fsp3) is 0.368. The quantitative estimate of drug-likeness (QED) is 0.747. The van der Waals surface area contributed by atoms with E-state index in [9.17, 15) is 18.0 Å². The molecule has 2 aromatic carbocycles. The first-order valence-electron chi connectivity index (χ1n) is 8.56. The lowest BCUT2D eigenvalue weighted by atomic mass is 10.1. The number of carbonyl (C=O) groups excluding carboxylic acids is 2. The molecule has 1 saturated heterocycles. The summed E-state index contributed by atoms with van der Waals surface area (Å²) in [6.07, 6.45) is 0.430. The predicted molar refractivity (Wildman–Crippen MR) is 98.7 cm³/mol. The Morgan fingerprint density at radius 3 is 2.58 bits per heavy atom.